The number of carbonyl (C=O) groups is 1. The molecular formula is C15H22FN3O2. The van der Waals surface area contributed by atoms with Crippen molar-refractivity contribution in [2.24, 2.45) is 0 Å². The normalized spacial score (nSPS) is 16.0. The van der Waals surface area contributed by atoms with Crippen molar-refractivity contribution in [3.63, 3.8) is 0 Å². The molecule has 0 radical (unpaired) electrons. The standard InChI is InChI=1S/C15H22FN3O2/c1-12-2-3-14(16)10-13(12)11-17-15(21)19-6-4-18(5-7-19)8-9-20/h2-3,10,20H,4-9,11H2,1H3,(H,17,21). The minimum atomic E-state index is -0.289. The molecule has 0 unspecified atom stereocenters. The quantitative estimate of drug-likeness (QED) is 0.870. The Morgan fingerprint density at radius 2 is 2.05 bits per heavy atom. The molecule has 0 bridgehead atoms. The van der Waals surface area contributed by atoms with Crippen LogP contribution in [0.4, 0.5) is 9.18 Å². The fourth-order valence-electron chi connectivity index (χ4n) is 2.43. The number of carbonyl (C=O) groups excluding carboxylic acids is 1. The van der Waals surface area contributed by atoms with Crippen molar-refractivity contribution in [3.8, 4) is 0 Å². The van der Waals surface area contributed by atoms with Crippen molar-refractivity contribution in [2.45, 2.75) is 13.5 Å². The average Bonchev–Trinajstić information content (AvgIpc) is 2.49. The third-order valence-electron chi connectivity index (χ3n) is 3.82. The first kappa shape index (κ1) is 15.7. The second kappa shape index (κ2) is 7.38. The second-order valence-electron chi connectivity index (χ2n) is 5.28. The number of urea groups is 1. The van der Waals surface area contributed by atoms with Crippen LogP contribution in [0.3, 0.4) is 0 Å². The Bertz CT molecular complexity index is 488. The van der Waals surface area contributed by atoms with Gasteiger partial charge in [0.05, 0.1) is 6.61 Å². The van der Waals surface area contributed by atoms with E-state index in [4.69, 9.17) is 5.11 Å². The van der Waals surface area contributed by atoms with E-state index in [0.29, 0.717) is 26.2 Å². The van der Waals surface area contributed by atoms with Crippen molar-refractivity contribution < 1.29 is 14.3 Å². The largest absolute Gasteiger partial charge is 0.395 e. The number of hydrogen-bond donors (Lipinski definition) is 2. The zero-order valence-electron chi connectivity index (χ0n) is 12.3. The van der Waals surface area contributed by atoms with Crippen LogP contribution in [0, 0.1) is 12.7 Å². The summed E-state index contributed by atoms with van der Waals surface area (Å²) in [5, 5.41) is 11.7. The summed E-state index contributed by atoms with van der Waals surface area (Å²) in [6, 6.07) is 4.46. The lowest BCUT2D eigenvalue weighted by Crippen LogP contribution is -2.52. The lowest BCUT2D eigenvalue weighted by Gasteiger charge is -2.34. The van der Waals surface area contributed by atoms with Crippen molar-refractivity contribution in [3.05, 3.63) is 35.1 Å². The molecule has 0 saturated carbocycles. The van der Waals surface area contributed by atoms with E-state index in [-0.39, 0.29) is 18.5 Å². The average molecular weight is 295 g/mol. The van der Waals surface area contributed by atoms with Gasteiger partial charge in [0.25, 0.3) is 0 Å². The van der Waals surface area contributed by atoms with Gasteiger partial charge in [0.15, 0.2) is 0 Å². The van der Waals surface area contributed by atoms with Gasteiger partial charge in [-0.15, -0.1) is 0 Å². The molecule has 5 nitrogen and oxygen atoms in total. The first-order chi connectivity index (χ1) is 10.1. The van der Waals surface area contributed by atoms with Gasteiger partial charge in [0, 0.05) is 39.3 Å². The van der Waals surface area contributed by atoms with Crippen LogP contribution in [-0.4, -0.2) is 60.3 Å². The van der Waals surface area contributed by atoms with E-state index in [9.17, 15) is 9.18 Å². The number of piperazine rings is 1. The molecule has 2 N–H and O–H groups in total. The van der Waals surface area contributed by atoms with E-state index in [0.717, 1.165) is 24.2 Å². The first-order valence-electron chi connectivity index (χ1n) is 7.21. The highest BCUT2D eigenvalue weighted by atomic mass is 19.1. The number of amides is 2. The molecule has 1 heterocycles. The number of halogens is 1. The summed E-state index contributed by atoms with van der Waals surface area (Å²) in [5.41, 5.74) is 1.76. The number of aryl methyl sites for hydroxylation is 1. The van der Waals surface area contributed by atoms with E-state index < -0.39 is 0 Å². The molecule has 1 aromatic rings. The lowest BCUT2D eigenvalue weighted by atomic mass is 10.1. The van der Waals surface area contributed by atoms with Crippen LogP contribution >= 0.6 is 0 Å². The van der Waals surface area contributed by atoms with E-state index in [1.165, 1.54) is 12.1 Å². The van der Waals surface area contributed by atoms with Crippen LogP contribution in [0.5, 0.6) is 0 Å². The van der Waals surface area contributed by atoms with Gasteiger partial charge in [0.2, 0.25) is 0 Å². The molecule has 21 heavy (non-hydrogen) atoms. The zero-order chi connectivity index (χ0) is 15.2. The van der Waals surface area contributed by atoms with Crippen LogP contribution in [0.2, 0.25) is 0 Å². The van der Waals surface area contributed by atoms with Crippen molar-refractivity contribution in [1.82, 2.24) is 15.1 Å². The Hall–Kier alpha value is -1.66. The number of β-amino-alcohol motifs (C(OH)–C–C–N with tert-alkyl or cyclic N) is 1. The van der Waals surface area contributed by atoms with Crippen molar-refractivity contribution >= 4 is 6.03 Å². The third-order valence-corrected chi connectivity index (χ3v) is 3.82. The molecule has 2 rings (SSSR count). The second-order valence-corrected chi connectivity index (χ2v) is 5.28. The molecule has 1 fully saturated rings. The van der Waals surface area contributed by atoms with Crippen LogP contribution in [0.15, 0.2) is 18.2 Å². The van der Waals surface area contributed by atoms with E-state index in [2.05, 4.69) is 10.2 Å². The number of hydrogen-bond acceptors (Lipinski definition) is 3. The molecule has 0 spiro atoms. The fourth-order valence-corrected chi connectivity index (χ4v) is 2.43. The van der Waals surface area contributed by atoms with Crippen molar-refractivity contribution in [1.29, 1.82) is 0 Å². The topological polar surface area (TPSA) is 55.8 Å². The maximum absolute atomic E-state index is 13.2. The Labute approximate surface area is 124 Å². The highest BCUT2D eigenvalue weighted by Gasteiger charge is 2.20. The zero-order valence-corrected chi connectivity index (χ0v) is 12.3. The summed E-state index contributed by atoms with van der Waals surface area (Å²) in [6.45, 7) is 5.86. The van der Waals surface area contributed by atoms with Crippen molar-refractivity contribution in [2.75, 3.05) is 39.3 Å². The first-order valence-corrected chi connectivity index (χ1v) is 7.21. The van der Waals surface area contributed by atoms with Gasteiger partial charge in [-0.2, -0.15) is 0 Å². The highest BCUT2D eigenvalue weighted by Crippen LogP contribution is 2.10. The van der Waals surface area contributed by atoms with Gasteiger partial charge in [-0.05, 0) is 30.2 Å². The lowest BCUT2D eigenvalue weighted by molar-refractivity contribution is 0.122. The van der Waals surface area contributed by atoms with Gasteiger partial charge >= 0.3 is 6.03 Å². The highest BCUT2D eigenvalue weighted by molar-refractivity contribution is 5.74. The van der Waals surface area contributed by atoms with Crippen LogP contribution in [0.25, 0.3) is 0 Å². The maximum atomic E-state index is 13.2. The molecule has 1 aliphatic rings. The number of benzene rings is 1. The summed E-state index contributed by atoms with van der Waals surface area (Å²) in [6.07, 6.45) is 0. The SMILES string of the molecule is Cc1ccc(F)cc1CNC(=O)N1CCN(CCO)CC1. The Kier molecular flexibility index (Phi) is 5.52. The minimum absolute atomic E-state index is 0.123. The summed E-state index contributed by atoms with van der Waals surface area (Å²) in [5.74, 6) is -0.289. The minimum Gasteiger partial charge on any atom is -0.395 e. The molecule has 2 amide bonds. The number of nitrogens with zero attached hydrogens (tertiary/aromatic N) is 2. The van der Waals surface area contributed by atoms with Crippen LogP contribution in [-0.2, 0) is 6.54 Å². The Balaban J connectivity index is 1.81. The molecule has 1 saturated heterocycles. The molecule has 6 heteroatoms. The van der Waals surface area contributed by atoms with Gasteiger partial charge in [-0.3, -0.25) is 4.90 Å². The summed E-state index contributed by atoms with van der Waals surface area (Å²) >= 11 is 0. The summed E-state index contributed by atoms with van der Waals surface area (Å²) in [7, 11) is 0. The number of aliphatic hydroxyl groups excluding tert-OH is 1. The maximum Gasteiger partial charge on any atom is 0.317 e. The third kappa shape index (κ3) is 4.41. The molecule has 116 valence electrons. The monoisotopic (exact) mass is 295 g/mol. The molecule has 1 aliphatic heterocycles. The number of rotatable bonds is 4. The molecule has 0 atom stereocenters. The van der Waals surface area contributed by atoms with Gasteiger partial charge in [-0.1, -0.05) is 6.07 Å². The van der Waals surface area contributed by atoms with E-state index in [1.54, 1.807) is 11.0 Å². The molecule has 0 aromatic heterocycles. The van der Waals surface area contributed by atoms with Gasteiger partial charge in [0.1, 0.15) is 5.82 Å². The predicted octanol–water partition coefficient (Wildman–Crippen LogP) is 0.954. The van der Waals surface area contributed by atoms with Crippen LogP contribution in [0.1, 0.15) is 11.1 Å². The molecule has 1 aromatic carbocycles. The smallest absolute Gasteiger partial charge is 0.317 e. The fraction of sp³-hybridized carbons (Fsp3) is 0.533. The van der Waals surface area contributed by atoms with Crippen LogP contribution < -0.4 is 5.32 Å². The summed E-state index contributed by atoms with van der Waals surface area (Å²) in [4.78, 5) is 16.0. The van der Waals surface area contributed by atoms with Gasteiger partial charge < -0.3 is 15.3 Å². The predicted molar refractivity (Wildman–Crippen MR) is 78.5 cm³/mol. The number of aliphatic hydroxyl groups is 1. The number of nitrogens with one attached hydrogen (secondary N) is 1. The Morgan fingerprint density at radius 1 is 1.33 bits per heavy atom. The van der Waals surface area contributed by atoms with E-state index in [1.807, 2.05) is 6.92 Å². The van der Waals surface area contributed by atoms with E-state index >= 15 is 0 Å². The Morgan fingerprint density at radius 3 is 2.71 bits per heavy atom. The molecular weight excluding hydrogens is 273 g/mol. The molecule has 0 aliphatic carbocycles. The van der Waals surface area contributed by atoms with Gasteiger partial charge in [-0.25, -0.2) is 9.18 Å². The summed E-state index contributed by atoms with van der Waals surface area (Å²) < 4.78 is 13.2.